The van der Waals surface area contributed by atoms with Gasteiger partial charge >= 0.3 is 0 Å². The molecule has 2 saturated heterocycles. The minimum absolute atomic E-state index is 0.0425. The summed E-state index contributed by atoms with van der Waals surface area (Å²) in [6.45, 7) is 6.69. The minimum Gasteiger partial charge on any atom is -0.454 e. The van der Waals surface area contributed by atoms with E-state index < -0.39 is 0 Å². The summed E-state index contributed by atoms with van der Waals surface area (Å²) in [5.41, 5.74) is 1.25. The SMILES string of the molecule is C[C@]1(Cc2ccc3c(c2)OCO3)CCC(=O)N(CCN2CCNC(=O)C2)C1. The van der Waals surface area contributed by atoms with Gasteiger partial charge in [-0.3, -0.25) is 14.5 Å². The number of amides is 2. The molecule has 146 valence electrons. The molecular formula is C20H27N3O4. The second-order valence-electron chi connectivity index (χ2n) is 8.12. The van der Waals surface area contributed by atoms with Crippen molar-refractivity contribution >= 4 is 11.8 Å². The van der Waals surface area contributed by atoms with Crippen LogP contribution < -0.4 is 14.8 Å². The average molecular weight is 373 g/mol. The normalized spacial score (nSPS) is 25.6. The van der Waals surface area contributed by atoms with E-state index in [1.54, 1.807) is 0 Å². The first-order valence-corrected chi connectivity index (χ1v) is 9.66. The van der Waals surface area contributed by atoms with E-state index in [1.807, 2.05) is 11.0 Å². The molecule has 0 radical (unpaired) electrons. The van der Waals surface area contributed by atoms with E-state index in [2.05, 4.69) is 29.3 Å². The summed E-state index contributed by atoms with van der Waals surface area (Å²) in [5, 5.41) is 2.84. The third-order valence-electron chi connectivity index (χ3n) is 5.74. The summed E-state index contributed by atoms with van der Waals surface area (Å²) in [5.74, 6) is 1.90. The predicted octanol–water partition coefficient (Wildman–Crippen LogP) is 1.02. The maximum atomic E-state index is 12.4. The minimum atomic E-state index is 0.0425. The Morgan fingerprint density at radius 1 is 1.19 bits per heavy atom. The number of nitrogens with one attached hydrogen (secondary N) is 1. The van der Waals surface area contributed by atoms with Gasteiger partial charge in [0.25, 0.3) is 0 Å². The molecular weight excluding hydrogens is 346 g/mol. The molecule has 2 fully saturated rings. The van der Waals surface area contributed by atoms with Crippen LogP contribution in [0, 0.1) is 5.41 Å². The molecule has 2 amide bonds. The van der Waals surface area contributed by atoms with E-state index in [4.69, 9.17) is 9.47 Å². The molecule has 7 nitrogen and oxygen atoms in total. The van der Waals surface area contributed by atoms with Crippen LogP contribution >= 0.6 is 0 Å². The topological polar surface area (TPSA) is 71.1 Å². The third kappa shape index (κ3) is 4.18. The van der Waals surface area contributed by atoms with Crippen molar-refractivity contribution in [2.75, 3.05) is 46.1 Å². The lowest BCUT2D eigenvalue weighted by molar-refractivity contribution is -0.137. The first kappa shape index (κ1) is 18.1. The van der Waals surface area contributed by atoms with Crippen molar-refractivity contribution in [1.29, 1.82) is 0 Å². The van der Waals surface area contributed by atoms with Crippen molar-refractivity contribution in [1.82, 2.24) is 15.1 Å². The quantitative estimate of drug-likeness (QED) is 0.834. The van der Waals surface area contributed by atoms with Crippen molar-refractivity contribution in [2.45, 2.75) is 26.2 Å². The van der Waals surface area contributed by atoms with Crippen LogP contribution in [0.1, 0.15) is 25.3 Å². The number of fused-ring (bicyclic) bond motifs is 1. The Morgan fingerprint density at radius 2 is 2.04 bits per heavy atom. The third-order valence-corrected chi connectivity index (χ3v) is 5.74. The molecule has 3 aliphatic rings. The standard InChI is InChI=1S/C20H27N3O4/c1-20(11-15-2-3-16-17(10-15)27-14-26-16)5-4-19(25)23(13-20)9-8-22-7-6-21-18(24)12-22/h2-3,10H,4-9,11-14H2,1H3,(H,21,24)/t20-/m1/s1. The zero-order valence-corrected chi connectivity index (χ0v) is 15.8. The molecule has 3 aliphatic heterocycles. The summed E-state index contributed by atoms with van der Waals surface area (Å²) in [6.07, 6.45) is 2.38. The zero-order chi connectivity index (χ0) is 18.9. The molecule has 0 aromatic heterocycles. The number of hydrogen-bond donors (Lipinski definition) is 1. The lowest BCUT2D eigenvalue weighted by Crippen LogP contribution is -2.52. The highest BCUT2D eigenvalue weighted by atomic mass is 16.7. The highest BCUT2D eigenvalue weighted by Gasteiger charge is 2.35. The number of hydrogen-bond acceptors (Lipinski definition) is 5. The Kier molecular flexibility index (Phi) is 4.95. The molecule has 7 heteroatoms. The molecule has 1 atom stereocenters. The molecule has 0 saturated carbocycles. The van der Waals surface area contributed by atoms with Gasteiger partial charge in [0.15, 0.2) is 11.5 Å². The van der Waals surface area contributed by atoms with Gasteiger partial charge in [-0.1, -0.05) is 13.0 Å². The number of likely N-dealkylation sites (tertiary alicyclic amines) is 1. The van der Waals surface area contributed by atoms with Gasteiger partial charge in [0.2, 0.25) is 18.6 Å². The van der Waals surface area contributed by atoms with Crippen LogP contribution in [0.3, 0.4) is 0 Å². The molecule has 3 heterocycles. The fourth-order valence-corrected chi connectivity index (χ4v) is 4.23. The predicted molar refractivity (Wildman–Crippen MR) is 99.6 cm³/mol. The number of piperazine rings is 1. The molecule has 27 heavy (non-hydrogen) atoms. The average Bonchev–Trinajstić information content (AvgIpc) is 3.10. The van der Waals surface area contributed by atoms with Crippen molar-refractivity contribution < 1.29 is 19.1 Å². The van der Waals surface area contributed by atoms with Crippen LogP contribution in [0.2, 0.25) is 0 Å². The molecule has 1 aromatic carbocycles. The van der Waals surface area contributed by atoms with E-state index in [9.17, 15) is 9.59 Å². The van der Waals surface area contributed by atoms with Crippen LogP contribution in [0.5, 0.6) is 11.5 Å². The van der Waals surface area contributed by atoms with E-state index >= 15 is 0 Å². The van der Waals surface area contributed by atoms with Gasteiger partial charge in [-0.15, -0.1) is 0 Å². The maximum absolute atomic E-state index is 12.4. The Hall–Kier alpha value is -2.28. The summed E-state index contributed by atoms with van der Waals surface area (Å²) in [6, 6.07) is 6.11. The number of nitrogens with zero attached hydrogens (tertiary/aromatic N) is 2. The number of rotatable bonds is 5. The highest BCUT2D eigenvalue weighted by molar-refractivity contribution is 5.79. The fourth-order valence-electron chi connectivity index (χ4n) is 4.23. The van der Waals surface area contributed by atoms with Gasteiger partial charge in [0, 0.05) is 39.1 Å². The number of ether oxygens (including phenoxy) is 2. The van der Waals surface area contributed by atoms with Crippen LogP contribution in [-0.2, 0) is 16.0 Å². The van der Waals surface area contributed by atoms with Crippen molar-refractivity contribution in [3.05, 3.63) is 23.8 Å². The Balaban J connectivity index is 1.37. The van der Waals surface area contributed by atoms with E-state index in [0.717, 1.165) is 44.0 Å². The number of carbonyl (C=O) groups excluding carboxylic acids is 2. The van der Waals surface area contributed by atoms with Crippen LogP contribution in [0.4, 0.5) is 0 Å². The number of piperidine rings is 1. The van der Waals surface area contributed by atoms with Gasteiger partial charge in [0.05, 0.1) is 6.54 Å². The fraction of sp³-hybridized carbons (Fsp3) is 0.600. The lowest BCUT2D eigenvalue weighted by Gasteiger charge is -2.41. The Morgan fingerprint density at radius 3 is 2.89 bits per heavy atom. The van der Waals surface area contributed by atoms with Crippen molar-refractivity contribution in [3.8, 4) is 11.5 Å². The maximum Gasteiger partial charge on any atom is 0.234 e. The van der Waals surface area contributed by atoms with Gasteiger partial charge in [-0.2, -0.15) is 0 Å². The second kappa shape index (κ2) is 7.38. The summed E-state index contributed by atoms with van der Waals surface area (Å²) >= 11 is 0. The molecule has 0 aliphatic carbocycles. The van der Waals surface area contributed by atoms with E-state index in [-0.39, 0.29) is 24.0 Å². The van der Waals surface area contributed by atoms with E-state index in [0.29, 0.717) is 26.1 Å². The first-order valence-electron chi connectivity index (χ1n) is 9.66. The van der Waals surface area contributed by atoms with Crippen LogP contribution in [0.15, 0.2) is 18.2 Å². The Bertz CT molecular complexity index is 738. The highest BCUT2D eigenvalue weighted by Crippen LogP contribution is 2.37. The van der Waals surface area contributed by atoms with Gasteiger partial charge in [0.1, 0.15) is 0 Å². The largest absolute Gasteiger partial charge is 0.454 e. The van der Waals surface area contributed by atoms with Gasteiger partial charge in [-0.25, -0.2) is 0 Å². The Labute approximate surface area is 159 Å². The van der Waals surface area contributed by atoms with Crippen LogP contribution in [0.25, 0.3) is 0 Å². The summed E-state index contributed by atoms with van der Waals surface area (Å²) < 4.78 is 10.9. The smallest absolute Gasteiger partial charge is 0.234 e. The summed E-state index contributed by atoms with van der Waals surface area (Å²) in [4.78, 5) is 28.0. The molecule has 1 aromatic rings. The monoisotopic (exact) mass is 373 g/mol. The second-order valence-corrected chi connectivity index (χ2v) is 8.12. The van der Waals surface area contributed by atoms with Gasteiger partial charge < -0.3 is 19.7 Å². The molecule has 4 rings (SSSR count). The van der Waals surface area contributed by atoms with Crippen molar-refractivity contribution in [2.24, 2.45) is 5.41 Å². The number of benzene rings is 1. The molecule has 0 spiro atoms. The lowest BCUT2D eigenvalue weighted by atomic mass is 9.76. The van der Waals surface area contributed by atoms with Crippen LogP contribution in [-0.4, -0.2) is 67.7 Å². The molecule has 0 unspecified atom stereocenters. The zero-order valence-electron chi connectivity index (χ0n) is 15.8. The number of carbonyl (C=O) groups is 2. The van der Waals surface area contributed by atoms with Gasteiger partial charge in [-0.05, 0) is 36.0 Å². The summed E-state index contributed by atoms with van der Waals surface area (Å²) in [7, 11) is 0. The molecule has 1 N–H and O–H groups in total. The van der Waals surface area contributed by atoms with E-state index in [1.165, 1.54) is 5.56 Å². The van der Waals surface area contributed by atoms with Crippen molar-refractivity contribution in [3.63, 3.8) is 0 Å². The molecule has 0 bridgehead atoms. The first-order chi connectivity index (χ1) is 13.0.